The maximum absolute atomic E-state index is 12.3. The summed E-state index contributed by atoms with van der Waals surface area (Å²) in [6.07, 6.45) is -0.314. The van der Waals surface area contributed by atoms with Crippen molar-refractivity contribution < 1.29 is 19.4 Å². The molecule has 0 saturated carbocycles. The van der Waals surface area contributed by atoms with Crippen LogP contribution in [-0.2, 0) is 14.3 Å². The monoisotopic (exact) mass is 292 g/mol. The number of benzene rings is 1. The van der Waals surface area contributed by atoms with Gasteiger partial charge in [0.25, 0.3) is 0 Å². The number of morpholine rings is 1. The van der Waals surface area contributed by atoms with Gasteiger partial charge in [0.2, 0.25) is 5.91 Å². The molecule has 1 heterocycles. The number of rotatable bonds is 5. The molecule has 1 aromatic carbocycles. The van der Waals surface area contributed by atoms with Crippen molar-refractivity contribution in [3.05, 3.63) is 35.9 Å². The number of nitrogens with two attached hydrogens (primary N) is 1. The van der Waals surface area contributed by atoms with Gasteiger partial charge in [-0.15, -0.1) is 0 Å². The van der Waals surface area contributed by atoms with E-state index in [0.29, 0.717) is 19.7 Å². The van der Waals surface area contributed by atoms with Crippen LogP contribution in [0.15, 0.2) is 30.3 Å². The Labute approximate surface area is 123 Å². The lowest BCUT2D eigenvalue weighted by Crippen LogP contribution is -2.46. The van der Waals surface area contributed by atoms with Crippen molar-refractivity contribution in [1.82, 2.24) is 4.90 Å². The predicted octanol–water partition coefficient (Wildman–Crippen LogP) is 0.779. The molecule has 114 valence electrons. The second-order valence-electron chi connectivity index (χ2n) is 5.15. The Bertz CT molecular complexity index is 492. The van der Waals surface area contributed by atoms with Crippen molar-refractivity contribution in [2.75, 3.05) is 19.7 Å². The molecule has 3 N–H and O–H groups in total. The lowest BCUT2D eigenvalue weighted by molar-refractivity contribution is -0.147. The Morgan fingerprint density at radius 3 is 2.76 bits per heavy atom. The van der Waals surface area contributed by atoms with Gasteiger partial charge in [-0.25, -0.2) is 0 Å². The zero-order valence-corrected chi connectivity index (χ0v) is 11.8. The first-order chi connectivity index (χ1) is 10.1. The number of carboxylic acids is 1. The molecule has 0 aliphatic carbocycles. The van der Waals surface area contributed by atoms with Gasteiger partial charge >= 0.3 is 5.97 Å². The zero-order chi connectivity index (χ0) is 15.2. The quantitative estimate of drug-likeness (QED) is 0.836. The number of carbonyl (C=O) groups is 2. The summed E-state index contributed by atoms with van der Waals surface area (Å²) in [7, 11) is 0. The fourth-order valence-electron chi connectivity index (χ4n) is 2.40. The predicted molar refractivity (Wildman–Crippen MR) is 76.6 cm³/mol. The minimum Gasteiger partial charge on any atom is -0.481 e. The molecule has 6 nitrogen and oxygen atoms in total. The number of carboxylic acid groups (broad SMARTS) is 1. The van der Waals surface area contributed by atoms with Crippen LogP contribution in [0.5, 0.6) is 0 Å². The maximum atomic E-state index is 12.3. The van der Waals surface area contributed by atoms with Gasteiger partial charge in [0.15, 0.2) is 0 Å². The molecule has 1 aliphatic rings. The highest BCUT2D eigenvalue weighted by molar-refractivity contribution is 5.77. The van der Waals surface area contributed by atoms with E-state index >= 15 is 0 Å². The first-order valence-electron chi connectivity index (χ1n) is 6.98. The van der Waals surface area contributed by atoms with E-state index in [1.54, 1.807) is 4.90 Å². The van der Waals surface area contributed by atoms with Crippen LogP contribution in [0.4, 0.5) is 0 Å². The summed E-state index contributed by atoms with van der Waals surface area (Å²) in [5.74, 6) is -0.986. The minimum absolute atomic E-state index is 0.0648. The summed E-state index contributed by atoms with van der Waals surface area (Å²) in [6, 6.07) is 9.11. The normalized spacial score (nSPS) is 20.0. The van der Waals surface area contributed by atoms with E-state index in [2.05, 4.69) is 0 Å². The van der Waals surface area contributed by atoms with E-state index in [-0.39, 0.29) is 24.8 Å². The Hall–Kier alpha value is -1.92. The zero-order valence-electron chi connectivity index (χ0n) is 11.8. The van der Waals surface area contributed by atoms with Gasteiger partial charge in [-0.3, -0.25) is 9.59 Å². The molecule has 2 atom stereocenters. The van der Waals surface area contributed by atoms with E-state index in [1.165, 1.54) is 0 Å². The summed E-state index contributed by atoms with van der Waals surface area (Å²) in [5, 5.41) is 8.78. The van der Waals surface area contributed by atoms with Crippen LogP contribution in [0.25, 0.3) is 0 Å². The van der Waals surface area contributed by atoms with E-state index in [4.69, 9.17) is 15.6 Å². The molecule has 0 bridgehead atoms. The van der Waals surface area contributed by atoms with Crippen LogP contribution in [0.1, 0.15) is 24.4 Å². The van der Waals surface area contributed by atoms with Crippen molar-refractivity contribution >= 4 is 11.9 Å². The average molecular weight is 292 g/mol. The standard InChI is InChI=1S/C15H20N2O4/c16-13(11-4-2-1-3-5-11)9-14(18)17-6-7-21-12(10-17)8-15(19)20/h1-5,12-13H,6-10,16H2,(H,19,20). The van der Waals surface area contributed by atoms with Gasteiger partial charge in [0.1, 0.15) is 0 Å². The van der Waals surface area contributed by atoms with Crippen LogP contribution >= 0.6 is 0 Å². The smallest absolute Gasteiger partial charge is 0.306 e. The van der Waals surface area contributed by atoms with Gasteiger partial charge in [-0.1, -0.05) is 30.3 Å². The number of carbonyl (C=O) groups excluding carboxylic acids is 1. The number of hydrogen-bond donors (Lipinski definition) is 2. The Morgan fingerprint density at radius 2 is 2.10 bits per heavy atom. The largest absolute Gasteiger partial charge is 0.481 e. The SMILES string of the molecule is NC(CC(=O)N1CCOC(CC(=O)O)C1)c1ccccc1. The highest BCUT2D eigenvalue weighted by Gasteiger charge is 2.26. The number of nitrogens with zero attached hydrogens (tertiary/aromatic N) is 1. The summed E-state index contributed by atoms with van der Waals surface area (Å²) < 4.78 is 5.35. The van der Waals surface area contributed by atoms with Crippen molar-refractivity contribution in [2.24, 2.45) is 5.73 Å². The molecule has 1 saturated heterocycles. The summed E-state index contributed by atoms with van der Waals surface area (Å²) in [5.41, 5.74) is 6.96. The van der Waals surface area contributed by atoms with Gasteiger partial charge in [0, 0.05) is 25.6 Å². The Balaban J connectivity index is 1.89. The first-order valence-corrected chi connectivity index (χ1v) is 6.98. The first kappa shape index (κ1) is 15.5. The Morgan fingerprint density at radius 1 is 1.38 bits per heavy atom. The number of ether oxygens (including phenoxy) is 1. The lowest BCUT2D eigenvalue weighted by atomic mass is 10.0. The molecule has 2 unspecified atom stereocenters. The summed E-state index contributed by atoms with van der Waals surface area (Å²) >= 11 is 0. The van der Waals surface area contributed by atoms with Crippen LogP contribution in [0, 0.1) is 0 Å². The van der Waals surface area contributed by atoms with Crippen LogP contribution in [0.2, 0.25) is 0 Å². The fourth-order valence-corrected chi connectivity index (χ4v) is 2.40. The molecular weight excluding hydrogens is 272 g/mol. The highest BCUT2D eigenvalue weighted by atomic mass is 16.5. The Kier molecular flexibility index (Phi) is 5.30. The number of hydrogen-bond acceptors (Lipinski definition) is 4. The molecule has 1 aromatic rings. The molecule has 1 aliphatic heterocycles. The molecule has 1 amide bonds. The van der Waals surface area contributed by atoms with E-state index < -0.39 is 12.1 Å². The molecule has 6 heteroatoms. The van der Waals surface area contributed by atoms with Gasteiger partial charge in [-0.05, 0) is 5.56 Å². The molecule has 21 heavy (non-hydrogen) atoms. The van der Waals surface area contributed by atoms with E-state index in [9.17, 15) is 9.59 Å². The fraction of sp³-hybridized carbons (Fsp3) is 0.467. The maximum Gasteiger partial charge on any atom is 0.306 e. The minimum atomic E-state index is -0.921. The third-order valence-corrected chi connectivity index (χ3v) is 3.52. The summed E-state index contributed by atoms with van der Waals surface area (Å²) in [6.45, 7) is 1.16. The van der Waals surface area contributed by atoms with E-state index in [1.807, 2.05) is 30.3 Å². The second kappa shape index (κ2) is 7.19. The van der Waals surface area contributed by atoms with E-state index in [0.717, 1.165) is 5.56 Å². The van der Waals surface area contributed by atoms with Gasteiger partial charge in [0.05, 0.1) is 19.1 Å². The van der Waals surface area contributed by atoms with Crippen molar-refractivity contribution in [2.45, 2.75) is 25.0 Å². The topological polar surface area (TPSA) is 92.9 Å². The van der Waals surface area contributed by atoms with Crippen LogP contribution in [0.3, 0.4) is 0 Å². The van der Waals surface area contributed by atoms with Gasteiger partial charge < -0.3 is 20.5 Å². The highest BCUT2D eigenvalue weighted by Crippen LogP contribution is 2.17. The van der Waals surface area contributed by atoms with Crippen molar-refractivity contribution in [3.63, 3.8) is 0 Å². The third kappa shape index (κ3) is 4.54. The van der Waals surface area contributed by atoms with Crippen LogP contribution in [-0.4, -0.2) is 47.7 Å². The average Bonchev–Trinajstić information content (AvgIpc) is 2.47. The van der Waals surface area contributed by atoms with Gasteiger partial charge in [-0.2, -0.15) is 0 Å². The number of amides is 1. The van der Waals surface area contributed by atoms with Crippen LogP contribution < -0.4 is 5.73 Å². The summed E-state index contributed by atoms with van der Waals surface area (Å²) in [4.78, 5) is 24.6. The van der Waals surface area contributed by atoms with Crippen molar-refractivity contribution in [3.8, 4) is 0 Å². The molecule has 0 aromatic heterocycles. The third-order valence-electron chi connectivity index (χ3n) is 3.52. The molecular formula is C15H20N2O4. The molecule has 0 spiro atoms. The van der Waals surface area contributed by atoms with Crippen molar-refractivity contribution in [1.29, 1.82) is 0 Å². The molecule has 1 fully saturated rings. The molecule has 0 radical (unpaired) electrons. The number of aliphatic carboxylic acids is 1. The molecule has 2 rings (SSSR count). The lowest BCUT2D eigenvalue weighted by Gasteiger charge is -2.33. The second-order valence-corrected chi connectivity index (χ2v) is 5.15.